The van der Waals surface area contributed by atoms with Gasteiger partial charge in [-0.25, -0.2) is 9.97 Å². The Labute approximate surface area is 218 Å². The summed E-state index contributed by atoms with van der Waals surface area (Å²) in [5.41, 5.74) is 10.0. The van der Waals surface area contributed by atoms with Gasteiger partial charge in [0, 0.05) is 43.1 Å². The van der Waals surface area contributed by atoms with Crippen LogP contribution in [0.2, 0.25) is 0 Å². The summed E-state index contributed by atoms with van der Waals surface area (Å²) in [5.74, 6) is 1.99. The zero-order chi connectivity index (χ0) is 24.5. The predicted molar refractivity (Wildman–Crippen MR) is 144 cm³/mol. The van der Waals surface area contributed by atoms with Gasteiger partial charge in [-0.1, -0.05) is 42.5 Å². The summed E-state index contributed by atoms with van der Waals surface area (Å²) in [5, 5.41) is 8.76. The van der Waals surface area contributed by atoms with Crippen LogP contribution in [0.5, 0.6) is 5.75 Å². The number of halogens is 1. The normalized spacial score (nSPS) is 18.9. The quantitative estimate of drug-likeness (QED) is 0.373. The molecule has 4 aromatic rings. The van der Waals surface area contributed by atoms with Crippen LogP contribution in [0.3, 0.4) is 0 Å². The second-order valence-corrected chi connectivity index (χ2v) is 10.1. The molecule has 2 unspecified atom stereocenters. The van der Waals surface area contributed by atoms with Crippen LogP contribution in [0.1, 0.15) is 18.4 Å². The van der Waals surface area contributed by atoms with Crippen molar-refractivity contribution in [3.63, 3.8) is 0 Å². The summed E-state index contributed by atoms with van der Waals surface area (Å²) in [6, 6.07) is 20.7. The molecule has 2 aliphatic heterocycles. The molecule has 0 spiro atoms. The third-order valence-electron chi connectivity index (χ3n) is 6.86. The molecule has 4 heterocycles. The Morgan fingerprint density at radius 3 is 2.36 bits per heavy atom. The molecule has 182 valence electrons. The molecule has 2 saturated heterocycles. The van der Waals surface area contributed by atoms with Gasteiger partial charge >= 0.3 is 0 Å². The number of para-hydroxylation sites is 1. The molecule has 0 amide bonds. The van der Waals surface area contributed by atoms with E-state index in [2.05, 4.69) is 58.0 Å². The third-order valence-corrected chi connectivity index (χ3v) is 7.27. The van der Waals surface area contributed by atoms with E-state index in [1.54, 1.807) is 0 Å². The number of nitrogens with two attached hydrogens (primary N) is 1. The van der Waals surface area contributed by atoms with E-state index in [-0.39, 0.29) is 0 Å². The van der Waals surface area contributed by atoms with E-state index in [4.69, 9.17) is 10.5 Å². The van der Waals surface area contributed by atoms with E-state index in [1.165, 1.54) is 0 Å². The maximum atomic E-state index is 6.35. The van der Waals surface area contributed by atoms with Crippen LogP contribution in [0.25, 0.3) is 11.3 Å². The Balaban J connectivity index is 1.25. The van der Waals surface area contributed by atoms with Gasteiger partial charge in [-0.05, 0) is 52.5 Å². The first-order valence-electron chi connectivity index (χ1n) is 12.1. The van der Waals surface area contributed by atoms with Crippen LogP contribution in [-0.4, -0.2) is 45.3 Å². The number of nitrogen functional groups attached to an aromatic ring is 1. The molecule has 0 aliphatic carbocycles. The largest absolute Gasteiger partial charge is 0.488 e. The van der Waals surface area contributed by atoms with Crippen LogP contribution in [0.15, 0.2) is 77.5 Å². The number of nitrogens with zero attached hydrogens (tertiary/aromatic N) is 6. The second-order valence-electron chi connectivity index (χ2n) is 9.17. The summed E-state index contributed by atoms with van der Waals surface area (Å²) < 4.78 is 7.06. The van der Waals surface area contributed by atoms with E-state index in [0.717, 1.165) is 64.6 Å². The van der Waals surface area contributed by atoms with Crippen molar-refractivity contribution in [2.24, 2.45) is 0 Å². The van der Waals surface area contributed by atoms with Gasteiger partial charge in [0.1, 0.15) is 12.4 Å². The number of piperazine rings is 1. The average molecular weight is 544 g/mol. The predicted octanol–water partition coefficient (Wildman–Crippen LogP) is 4.71. The van der Waals surface area contributed by atoms with E-state index in [9.17, 15) is 0 Å². The first-order chi connectivity index (χ1) is 17.7. The highest BCUT2D eigenvalue weighted by Crippen LogP contribution is 2.38. The summed E-state index contributed by atoms with van der Waals surface area (Å²) in [7, 11) is 0. The summed E-state index contributed by atoms with van der Waals surface area (Å²) >= 11 is 3.43. The lowest BCUT2D eigenvalue weighted by atomic mass is 10.1. The molecular weight excluding hydrogens is 518 g/mol. The van der Waals surface area contributed by atoms with Gasteiger partial charge in [0.15, 0.2) is 5.82 Å². The first kappa shape index (κ1) is 22.7. The molecular formula is C27H26BrN7O. The van der Waals surface area contributed by atoms with Crippen molar-refractivity contribution in [3.8, 4) is 17.0 Å². The fourth-order valence-corrected chi connectivity index (χ4v) is 5.39. The Kier molecular flexibility index (Phi) is 6.14. The number of aromatic nitrogens is 4. The average Bonchev–Trinajstić information content (AvgIpc) is 3.18. The molecule has 0 saturated carbocycles. The number of benzene rings is 2. The number of anilines is 3. The fraction of sp³-hybridized carbons (Fsp3) is 0.259. The zero-order valence-corrected chi connectivity index (χ0v) is 21.3. The summed E-state index contributed by atoms with van der Waals surface area (Å²) in [4.78, 5) is 13.8. The molecule has 2 N–H and O–H groups in total. The van der Waals surface area contributed by atoms with E-state index < -0.39 is 0 Å². The molecule has 2 aromatic carbocycles. The topological polar surface area (TPSA) is 93.3 Å². The Bertz CT molecular complexity index is 1340. The zero-order valence-electron chi connectivity index (χ0n) is 19.7. The lowest BCUT2D eigenvalue weighted by molar-refractivity contribution is 0.307. The van der Waals surface area contributed by atoms with Crippen LogP contribution >= 0.6 is 15.9 Å². The van der Waals surface area contributed by atoms with Crippen LogP contribution in [0, 0.1) is 0 Å². The van der Waals surface area contributed by atoms with Gasteiger partial charge < -0.3 is 20.3 Å². The number of fused-ring (bicyclic) bond motifs is 2. The lowest BCUT2D eigenvalue weighted by Gasteiger charge is -2.42. The number of hydrogen-bond donors (Lipinski definition) is 1. The van der Waals surface area contributed by atoms with Crippen molar-refractivity contribution in [2.45, 2.75) is 31.5 Å². The molecule has 2 fully saturated rings. The number of ether oxygens (including phenoxy) is 1. The fourth-order valence-electron chi connectivity index (χ4n) is 5.18. The van der Waals surface area contributed by atoms with Gasteiger partial charge in [0.2, 0.25) is 5.95 Å². The van der Waals surface area contributed by atoms with Crippen LogP contribution in [0.4, 0.5) is 17.5 Å². The van der Waals surface area contributed by atoms with Crippen molar-refractivity contribution in [3.05, 3.63) is 83.1 Å². The van der Waals surface area contributed by atoms with Crippen molar-refractivity contribution in [1.29, 1.82) is 0 Å². The molecule has 9 heteroatoms. The van der Waals surface area contributed by atoms with E-state index in [0.29, 0.717) is 24.5 Å². The molecule has 2 atom stereocenters. The van der Waals surface area contributed by atoms with Crippen molar-refractivity contribution < 1.29 is 4.74 Å². The molecule has 2 aromatic heterocycles. The molecule has 36 heavy (non-hydrogen) atoms. The van der Waals surface area contributed by atoms with Crippen LogP contribution < -0.4 is 20.3 Å². The highest BCUT2D eigenvalue weighted by Gasteiger charge is 2.42. The van der Waals surface area contributed by atoms with Gasteiger partial charge in [0.05, 0.1) is 15.9 Å². The minimum atomic E-state index is 0.322. The van der Waals surface area contributed by atoms with Crippen LogP contribution in [-0.2, 0) is 6.61 Å². The monoisotopic (exact) mass is 543 g/mol. The maximum Gasteiger partial charge on any atom is 0.225 e. The van der Waals surface area contributed by atoms with Crippen molar-refractivity contribution in [1.82, 2.24) is 20.2 Å². The highest BCUT2D eigenvalue weighted by molar-refractivity contribution is 9.10. The molecule has 8 nitrogen and oxygen atoms in total. The minimum Gasteiger partial charge on any atom is -0.488 e. The Hall–Kier alpha value is -3.72. The minimum absolute atomic E-state index is 0.322. The van der Waals surface area contributed by atoms with Gasteiger partial charge in [0.25, 0.3) is 0 Å². The highest BCUT2D eigenvalue weighted by atomic mass is 79.9. The molecule has 2 bridgehead atoms. The Morgan fingerprint density at radius 2 is 1.61 bits per heavy atom. The molecule has 2 aliphatic rings. The maximum absolute atomic E-state index is 6.35. The van der Waals surface area contributed by atoms with Crippen molar-refractivity contribution >= 4 is 33.4 Å². The molecule has 0 radical (unpaired) electrons. The second kappa shape index (κ2) is 9.73. The third kappa shape index (κ3) is 4.46. The van der Waals surface area contributed by atoms with Gasteiger partial charge in [-0.3, -0.25) is 0 Å². The molecule has 6 rings (SSSR count). The first-order valence-corrected chi connectivity index (χ1v) is 12.8. The standard InChI is InChI=1S/C27H26BrN7O/c28-19-13-30-27(31-14-19)35-20-10-11-21(35)16-34(15-20)24-12-23(32-33-26(24)29)22-8-4-5-9-25(22)36-17-18-6-2-1-3-7-18/h1-9,12-14,20-21H,10-11,15-17H2,(H2,29,33). The number of hydrogen-bond acceptors (Lipinski definition) is 8. The Morgan fingerprint density at radius 1 is 0.917 bits per heavy atom. The van der Waals surface area contributed by atoms with Gasteiger partial charge in [-0.15, -0.1) is 10.2 Å². The van der Waals surface area contributed by atoms with E-state index >= 15 is 0 Å². The van der Waals surface area contributed by atoms with E-state index in [1.807, 2.05) is 60.9 Å². The lowest BCUT2D eigenvalue weighted by Crippen LogP contribution is -2.54. The smallest absolute Gasteiger partial charge is 0.225 e. The van der Waals surface area contributed by atoms with Crippen molar-refractivity contribution in [2.75, 3.05) is 28.6 Å². The summed E-state index contributed by atoms with van der Waals surface area (Å²) in [6.07, 6.45) is 5.81. The summed E-state index contributed by atoms with van der Waals surface area (Å²) in [6.45, 7) is 2.14. The number of rotatable bonds is 6. The SMILES string of the molecule is Nc1nnc(-c2ccccc2OCc2ccccc2)cc1N1CC2CCC(C1)N2c1ncc(Br)cn1. The van der Waals surface area contributed by atoms with Gasteiger partial charge in [-0.2, -0.15) is 0 Å².